The van der Waals surface area contributed by atoms with Crippen LogP contribution in [0.15, 0.2) is 24.5 Å². The second-order valence-corrected chi connectivity index (χ2v) is 5.24. The number of aromatic nitrogens is 1. The molecule has 6 nitrogen and oxygen atoms in total. The number of carbonyl (C=O) groups is 2. The van der Waals surface area contributed by atoms with Gasteiger partial charge in [-0.15, -0.1) is 0 Å². The van der Waals surface area contributed by atoms with Crippen LogP contribution in [0.5, 0.6) is 0 Å². The molecule has 0 radical (unpaired) electrons. The van der Waals surface area contributed by atoms with Gasteiger partial charge in [-0.1, -0.05) is 6.92 Å². The smallest absolute Gasteiger partial charge is 0.317 e. The second-order valence-electron chi connectivity index (χ2n) is 5.24. The number of likely N-dealkylation sites (tertiary alicyclic amines) is 1. The van der Waals surface area contributed by atoms with E-state index >= 15 is 0 Å². The fourth-order valence-corrected chi connectivity index (χ4v) is 2.21. The molecule has 1 aromatic heterocycles. The fourth-order valence-electron chi connectivity index (χ4n) is 2.21. The zero-order valence-corrected chi connectivity index (χ0v) is 11.6. The lowest BCUT2D eigenvalue weighted by atomic mass is 9.87. The number of urea groups is 1. The van der Waals surface area contributed by atoms with Crippen molar-refractivity contribution >= 4 is 12.0 Å². The predicted molar refractivity (Wildman–Crippen MR) is 73.0 cm³/mol. The minimum atomic E-state index is -0.805. The van der Waals surface area contributed by atoms with Crippen LogP contribution in [0.25, 0.3) is 0 Å². The van der Waals surface area contributed by atoms with Crippen molar-refractivity contribution < 1.29 is 14.7 Å². The minimum Gasteiger partial charge on any atom is -0.481 e. The first-order chi connectivity index (χ1) is 9.49. The molecule has 1 aliphatic rings. The summed E-state index contributed by atoms with van der Waals surface area (Å²) in [4.78, 5) is 28.4. The van der Waals surface area contributed by atoms with Crippen LogP contribution in [0.3, 0.4) is 0 Å². The van der Waals surface area contributed by atoms with E-state index in [2.05, 4.69) is 10.3 Å². The number of aliphatic carboxylic acids is 1. The number of carboxylic acid groups (broad SMARTS) is 1. The summed E-state index contributed by atoms with van der Waals surface area (Å²) in [6.45, 7) is 4.59. The highest BCUT2D eigenvalue weighted by Crippen LogP contribution is 2.24. The zero-order chi connectivity index (χ0) is 14.7. The zero-order valence-electron chi connectivity index (χ0n) is 11.6. The molecule has 2 atom stereocenters. The predicted octanol–water partition coefficient (Wildman–Crippen LogP) is 1.50. The van der Waals surface area contributed by atoms with Crippen molar-refractivity contribution in [3.63, 3.8) is 0 Å². The number of nitrogens with zero attached hydrogens (tertiary/aromatic N) is 2. The minimum absolute atomic E-state index is 0.0504. The van der Waals surface area contributed by atoms with Crippen LogP contribution in [0.4, 0.5) is 4.79 Å². The molecule has 2 heterocycles. The molecule has 0 aliphatic carbocycles. The van der Waals surface area contributed by atoms with Gasteiger partial charge in [0.05, 0.1) is 12.0 Å². The summed E-state index contributed by atoms with van der Waals surface area (Å²) < 4.78 is 0. The Kier molecular flexibility index (Phi) is 4.22. The van der Waals surface area contributed by atoms with E-state index in [1.165, 1.54) is 0 Å². The molecule has 2 unspecified atom stereocenters. The average molecular weight is 277 g/mol. The van der Waals surface area contributed by atoms with Crippen molar-refractivity contribution in [2.24, 2.45) is 11.8 Å². The van der Waals surface area contributed by atoms with Crippen molar-refractivity contribution in [3.8, 4) is 0 Å². The molecule has 2 amide bonds. The van der Waals surface area contributed by atoms with Crippen LogP contribution in [0.1, 0.15) is 25.5 Å². The number of carboxylic acids is 1. The Morgan fingerprint density at radius 2 is 1.95 bits per heavy atom. The van der Waals surface area contributed by atoms with Gasteiger partial charge in [0.15, 0.2) is 0 Å². The molecule has 108 valence electrons. The molecule has 0 bridgehead atoms. The number of hydrogen-bond acceptors (Lipinski definition) is 3. The topological polar surface area (TPSA) is 82.5 Å². The lowest BCUT2D eigenvalue weighted by Crippen LogP contribution is -2.56. The third kappa shape index (κ3) is 3.07. The number of carbonyl (C=O) groups excluding carboxylic acids is 1. The Morgan fingerprint density at radius 3 is 2.50 bits per heavy atom. The first-order valence-electron chi connectivity index (χ1n) is 6.67. The molecule has 20 heavy (non-hydrogen) atoms. The van der Waals surface area contributed by atoms with Crippen LogP contribution >= 0.6 is 0 Å². The van der Waals surface area contributed by atoms with E-state index < -0.39 is 11.9 Å². The third-order valence-corrected chi connectivity index (χ3v) is 3.84. The van der Waals surface area contributed by atoms with Gasteiger partial charge in [0.2, 0.25) is 0 Å². The maximum Gasteiger partial charge on any atom is 0.317 e. The van der Waals surface area contributed by atoms with Crippen LogP contribution < -0.4 is 5.32 Å². The molecule has 0 saturated carbocycles. The summed E-state index contributed by atoms with van der Waals surface area (Å²) in [5.41, 5.74) is 0.990. The van der Waals surface area contributed by atoms with Crippen molar-refractivity contribution in [2.75, 3.05) is 13.1 Å². The molecule has 1 aliphatic heterocycles. The summed E-state index contributed by atoms with van der Waals surface area (Å²) in [6, 6.07) is 3.47. The van der Waals surface area contributed by atoms with Crippen LogP contribution in [-0.2, 0) is 4.79 Å². The maximum absolute atomic E-state index is 12.0. The van der Waals surface area contributed by atoms with E-state index in [-0.39, 0.29) is 18.0 Å². The van der Waals surface area contributed by atoms with E-state index in [0.717, 1.165) is 5.56 Å². The third-order valence-electron chi connectivity index (χ3n) is 3.84. The summed E-state index contributed by atoms with van der Waals surface area (Å²) in [5.74, 6) is -1.16. The van der Waals surface area contributed by atoms with E-state index in [1.54, 1.807) is 24.2 Å². The highest BCUT2D eigenvalue weighted by atomic mass is 16.4. The van der Waals surface area contributed by atoms with Crippen molar-refractivity contribution in [2.45, 2.75) is 19.9 Å². The summed E-state index contributed by atoms with van der Waals surface area (Å²) in [5, 5.41) is 11.8. The largest absolute Gasteiger partial charge is 0.481 e. The Balaban J connectivity index is 1.81. The Labute approximate surface area is 117 Å². The molecule has 0 spiro atoms. The highest BCUT2D eigenvalue weighted by molar-refractivity contribution is 5.76. The van der Waals surface area contributed by atoms with Gasteiger partial charge in [-0.2, -0.15) is 0 Å². The monoisotopic (exact) mass is 277 g/mol. The Morgan fingerprint density at radius 1 is 1.35 bits per heavy atom. The molecule has 2 N–H and O–H groups in total. The quantitative estimate of drug-likeness (QED) is 0.873. The summed E-state index contributed by atoms with van der Waals surface area (Å²) in [6.07, 6.45) is 3.37. The summed E-state index contributed by atoms with van der Waals surface area (Å²) in [7, 11) is 0. The standard InChI is InChI=1S/C14H19N3O3/c1-9(13(18)19)12-7-17(8-12)14(20)16-10(2)11-3-5-15-6-4-11/h3-6,9-10,12H,7-8H2,1-2H3,(H,16,20)(H,18,19). The second kappa shape index (κ2) is 5.90. The first kappa shape index (κ1) is 14.3. The number of amides is 2. The van der Waals surface area contributed by atoms with Crippen molar-refractivity contribution in [1.82, 2.24) is 15.2 Å². The Bertz CT molecular complexity index is 486. The van der Waals surface area contributed by atoms with Gasteiger partial charge in [0.25, 0.3) is 0 Å². The van der Waals surface area contributed by atoms with Gasteiger partial charge >= 0.3 is 12.0 Å². The van der Waals surface area contributed by atoms with Crippen molar-refractivity contribution in [1.29, 1.82) is 0 Å². The summed E-state index contributed by atoms with van der Waals surface area (Å²) >= 11 is 0. The number of pyridine rings is 1. The molecule has 1 saturated heterocycles. The molecule has 6 heteroatoms. The average Bonchev–Trinajstić information content (AvgIpc) is 2.37. The number of nitrogens with one attached hydrogen (secondary N) is 1. The van der Waals surface area contributed by atoms with E-state index in [4.69, 9.17) is 5.11 Å². The van der Waals surface area contributed by atoms with E-state index in [0.29, 0.717) is 13.1 Å². The Hall–Kier alpha value is -2.11. The first-order valence-corrected chi connectivity index (χ1v) is 6.67. The van der Waals surface area contributed by atoms with Crippen LogP contribution in [0, 0.1) is 11.8 Å². The van der Waals surface area contributed by atoms with Crippen molar-refractivity contribution in [3.05, 3.63) is 30.1 Å². The maximum atomic E-state index is 12.0. The molecule has 0 aromatic carbocycles. The lowest BCUT2D eigenvalue weighted by molar-refractivity contribution is -0.144. The van der Waals surface area contributed by atoms with Gasteiger partial charge in [-0.05, 0) is 24.6 Å². The molecular weight excluding hydrogens is 258 g/mol. The SMILES string of the molecule is CC(NC(=O)N1CC(C(C)C(=O)O)C1)c1ccncc1. The number of rotatable bonds is 4. The van der Waals surface area contributed by atoms with Gasteiger partial charge in [0, 0.05) is 31.4 Å². The van der Waals surface area contributed by atoms with Crippen LogP contribution in [0.2, 0.25) is 0 Å². The lowest BCUT2D eigenvalue weighted by Gasteiger charge is -2.41. The van der Waals surface area contributed by atoms with Gasteiger partial charge in [-0.3, -0.25) is 9.78 Å². The molecular formula is C14H19N3O3. The molecule has 2 rings (SSSR count). The van der Waals surface area contributed by atoms with Gasteiger partial charge in [0.1, 0.15) is 0 Å². The molecule has 1 fully saturated rings. The van der Waals surface area contributed by atoms with E-state index in [1.807, 2.05) is 19.1 Å². The van der Waals surface area contributed by atoms with E-state index in [9.17, 15) is 9.59 Å². The van der Waals surface area contributed by atoms with Gasteiger partial charge in [-0.25, -0.2) is 4.79 Å². The van der Waals surface area contributed by atoms with Crippen LogP contribution in [-0.4, -0.2) is 40.1 Å². The fraction of sp³-hybridized carbons (Fsp3) is 0.500. The highest BCUT2D eigenvalue weighted by Gasteiger charge is 2.37. The van der Waals surface area contributed by atoms with Gasteiger partial charge < -0.3 is 15.3 Å². The number of hydrogen-bond donors (Lipinski definition) is 2. The molecule has 1 aromatic rings. The normalized spacial score (nSPS) is 18.0.